The molecule has 6 atom stereocenters. The van der Waals surface area contributed by atoms with Gasteiger partial charge in [0.25, 0.3) is 0 Å². The van der Waals surface area contributed by atoms with Crippen molar-refractivity contribution in [3.8, 4) is 0 Å². The summed E-state index contributed by atoms with van der Waals surface area (Å²) in [5.41, 5.74) is 0. The molecule has 3 fully saturated rings. The Morgan fingerprint density at radius 1 is 0.857 bits per heavy atom. The molecule has 0 spiro atoms. The highest BCUT2D eigenvalue weighted by atomic mass is 16.6. The zero-order chi connectivity index (χ0) is 15.0. The van der Waals surface area contributed by atoms with E-state index in [2.05, 4.69) is 25.3 Å². The molecule has 0 radical (unpaired) electrons. The first-order valence-corrected chi connectivity index (χ1v) is 7.83. The van der Waals surface area contributed by atoms with Crippen molar-refractivity contribution in [3.63, 3.8) is 0 Å². The Morgan fingerprint density at radius 2 is 1.52 bits per heavy atom. The van der Waals surface area contributed by atoms with Gasteiger partial charge in [-0.15, -0.1) is 13.2 Å². The molecule has 1 aliphatic heterocycles. The summed E-state index contributed by atoms with van der Waals surface area (Å²) in [6, 6.07) is 0. The summed E-state index contributed by atoms with van der Waals surface area (Å²) < 4.78 is 4.82. The van der Waals surface area contributed by atoms with Gasteiger partial charge in [0.05, 0.1) is 11.8 Å². The van der Waals surface area contributed by atoms with Gasteiger partial charge in [-0.25, -0.2) is 0 Å². The van der Waals surface area contributed by atoms with E-state index in [-0.39, 0.29) is 35.6 Å². The molecule has 0 amide bonds. The molecule has 2 saturated carbocycles. The number of hydrogen-bond donors (Lipinski definition) is 0. The monoisotopic (exact) mass is 286 g/mol. The van der Waals surface area contributed by atoms with Crippen LogP contribution in [0, 0.1) is 35.5 Å². The van der Waals surface area contributed by atoms with Crippen LogP contribution in [0.2, 0.25) is 0 Å². The summed E-state index contributed by atoms with van der Waals surface area (Å²) in [7, 11) is 0. The highest BCUT2D eigenvalue weighted by molar-refractivity contribution is 5.97. The fourth-order valence-corrected chi connectivity index (χ4v) is 4.20. The standard InChI is InChI=1S/C18H22O3/c1-3-11-5-6-12(9-11)7-8-14-10-13(4-2)15-16(14)18(20)21-17(15)19/h3-4,7-8,11-16H,1-2,5-6,9-10H2/b8-7-. The quantitative estimate of drug-likeness (QED) is 0.452. The maximum absolute atomic E-state index is 11.9. The number of cyclic esters (lactones) is 2. The summed E-state index contributed by atoms with van der Waals surface area (Å²) in [5.74, 6) is 0.0467. The second-order valence-corrected chi connectivity index (χ2v) is 6.54. The molecule has 0 aromatic rings. The normalized spacial score (nSPS) is 42.3. The summed E-state index contributed by atoms with van der Waals surface area (Å²) in [6.45, 7) is 7.67. The molecular weight excluding hydrogens is 264 g/mol. The van der Waals surface area contributed by atoms with Crippen molar-refractivity contribution in [2.75, 3.05) is 0 Å². The second-order valence-electron chi connectivity index (χ2n) is 6.54. The van der Waals surface area contributed by atoms with E-state index in [1.165, 1.54) is 12.8 Å². The van der Waals surface area contributed by atoms with Gasteiger partial charge in [-0.2, -0.15) is 0 Å². The van der Waals surface area contributed by atoms with Crippen LogP contribution in [0.1, 0.15) is 25.7 Å². The van der Waals surface area contributed by atoms with Gasteiger partial charge in [-0.1, -0.05) is 24.3 Å². The van der Waals surface area contributed by atoms with Crippen molar-refractivity contribution in [1.29, 1.82) is 0 Å². The van der Waals surface area contributed by atoms with Crippen LogP contribution in [0.5, 0.6) is 0 Å². The number of esters is 2. The molecule has 3 nitrogen and oxygen atoms in total. The third-order valence-corrected chi connectivity index (χ3v) is 5.38. The molecule has 1 saturated heterocycles. The van der Waals surface area contributed by atoms with E-state index in [4.69, 9.17) is 4.74 Å². The van der Waals surface area contributed by atoms with Gasteiger partial charge in [0.15, 0.2) is 0 Å². The average molecular weight is 286 g/mol. The number of carbonyl (C=O) groups is 2. The third kappa shape index (κ3) is 2.50. The van der Waals surface area contributed by atoms with Gasteiger partial charge in [0.1, 0.15) is 0 Å². The van der Waals surface area contributed by atoms with Gasteiger partial charge in [-0.3, -0.25) is 9.59 Å². The molecule has 112 valence electrons. The van der Waals surface area contributed by atoms with Crippen molar-refractivity contribution in [3.05, 3.63) is 37.5 Å². The molecule has 2 aliphatic carbocycles. The molecule has 1 heterocycles. The molecule has 0 bridgehead atoms. The lowest BCUT2D eigenvalue weighted by Crippen LogP contribution is -2.19. The van der Waals surface area contributed by atoms with E-state index in [0.29, 0.717) is 11.8 Å². The van der Waals surface area contributed by atoms with Crippen LogP contribution in [0.25, 0.3) is 0 Å². The van der Waals surface area contributed by atoms with Crippen LogP contribution in [0.15, 0.2) is 37.5 Å². The highest BCUT2D eigenvalue weighted by Gasteiger charge is 2.55. The van der Waals surface area contributed by atoms with Crippen LogP contribution in [-0.2, 0) is 14.3 Å². The van der Waals surface area contributed by atoms with Crippen molar-refractivity contribution >= 4 is 11.9 Å². The van der Waals surface area contributed by atoms with Crippen molar-refractivity contribution in [1.82, 2.24) is 0 Å². The largest absolute Gasteiger partial charge is 0.393 e. The first kappa shape index (κ1) is 14.3. The Morgan fingerprint density at radius 3 is 2.14 bits per heavy atom. The molecule has 3 rings (SSSR count). The van der Waals surface area contributed by atoms with Gasteiger partial charge in [0.2, 0.25) is 0 Å². The summed E-state index contributed by atoms with van der Waals surface area (Å²) in [6.07, 6.45) is 12.6. The van der Waals surface area contributed by atoms with Crippen molar-refractivity contribution in [2.45, 2.75) is 25.7 Å². The number of rotatable bonds is 4. The Kier molecular flexibility index (Phi) is 3.83. The fourth-order valence-electron chi connectivity index (χ4n) is 4.20. The second kappa shape index (κ2) is 5.63. The minimum absolute atomic E-state index is 0.0631. The predicted octanol–water partition coefficient (Wildman–Crippen LogP) is 3.28. The molecule has 0 N–H and O–H groups in total. The van der Waals surface area contributed by atoms with Crippen molar-refractivity contribution in [2.24, 2.45) is 35.5 Å². The number of allylic oxidation sites excluding steroid dienone is 4. The smallest absolute Gasteiger partial charge is 0.318 e. The van der Waals surface area contributed by atoms with Gasteiger partial charge >= 0.3 is 11.9 Å². The van der Waals surface area contributed by atoms with Gasteiger partial charge in [-0.05, 0) is 49.4 Å². The lowest BCUT2D eigenvalue weighted by molar-refractivity contribution is -0.154. The zero-order valence-electron chi connectivity index (χ0n) is 12.2. The minimum Gasteiger partial charge on any atom is -0.393 e. The molecule has 0 aromatic carbocycles. The summed E-state index contributed by atoms with van der Waals surface area (Å²) in [4.78, 5) is 23.7. The van der Waals surface area contributed by atoms with Crippen LogP contribution >= 0.6 is 0 Å². The van der Waals surface area contributed by atoms with E-state index in [0.717, 1.165) is 12.8 Å². The SMILES string of the molecule is C=CC1CCC(/C=C\C2CC(C=C)C3C(=O)OC(=O)C23)C1. The average Bonchev–Trinajstić information content (AvgIpc) is 3.14. The molecular formula is C18H22O3. The van der Waals surface area contributed by atoms with Crippen molar-refractivity contribution < 1.29 is 14.3 Å². The number of hydrogen-bond acceptors (Lipinski definition) is 3. The maximum atomic E-state index is 11.9. The predicted molar refractivity (Wildman–Crippen MR) is 80.0 cm³/mol. The molecule has 6 unspecified atom stereocenters. The Balaban J connectivity index is 1.71. The molecule has 3 heteroatoms. The van der Waals surface area contributed by atoms with Crippen LogP contribution in [0.3, 0.4) is 0 Å². The van der Waals surface area contributed by atoms with Crippen LogP contribution < -0.4 is 0 Å². The van der Waals surface area contributed by atoms with Gasteiger partial charge < -0.3 is 4.74 Å². The third-order valence-electron chi connectivity index (χ3n) is 5.38. The lowest BCUT2D eigenvalue weighted by atomic mass is 9.88. The van der Waals surface area contributed by atoms with E-state index in [1.807, 2.05) is 6.08 Å². The highest BCUT2D eigenvalue weighted by Crippen LogP contribution is 2.48. The van der Waals surface area contributed by atoms with E-state index in [1.54, 1.807) is 6.08 Å². The van der Waals surface area contributed by atoms with E-state index >= 15 is 0 Å². The van der Waals surface area contributed by atoms with Crippen LogP contribution in [0.4, 0.5) is 0 Å². The topological polar surface area (TPSA) is 43.4 Å². The van der Waals surface area contributed by atoms with Gasteiger partial charge in [0, 0.05) is 0 Å². The number of ether oxygens (including phenoxy) is 1. The number of fused-ring (bicyclic) bond motifs is 1. The summed E-state index contributed by atoms with van der Waals surface area (Å²) in [5, 5.41) is 0. The molecule has 3 aliphatic rings. The Labute approximate surface area is 125 Å². The van der Waals surface area contributed by atoms with E-state index < -0.39 is 0 Å². The number of carbonyl (C=O) groups excluding carboxylic acids is 2. The zero-order valence-corrected chi connectivity index (χ0v) is 12.2. The lowest BCUT2D eigenvalue weighted by Gasteiger charge is -2.10. The Hall–Kier alpha value is -1.64. The maximum Gasteiger partial charge on any atom is 0.318 e. The fraction of sp³-hybridized carbons (Fsp3) is 0.556. The Bertz CT molecular complexity index is 505. The van der Waals surface area contributed by atoms with E-state index in [9.17, 15) is 9.59 Å². The molecule has 0 aromatic heterocycles. The first-order valence-electron chi connectivity index (χ1n) is 7.83. The van der Waals surface area contributed by atoms with Crippen LogP contribution in [-0.4, -0.2) is 11.9 Å². The molecule has 21 heavy (non-hydrogen) atoms. The summed E-state index contributed by atoms with van der Waals surface area (Å²) >= 11 is 0. The first-order chi connectivity index (χ1) is 10.1. The minimum atomic E-state index is -0.363.